The first kappa shape index (κ1) is 14.7. The molecule has 2 fully saturated rings. The van der Waals surface area contributed by atoms with Gasteiger partial charge in [0.15, 0.2) is 0 Å². The topological polar surface area (TPSA) is 67.4 Å². The van der Waals surface area contributed by atoms with Crippen LogP contribution < -0.4 is 5.32 Å². The molecule has 1 saturated carbocycles. The quantitative estimate of drug-likeness (QED) is 0.897. The molecule has 3 rings (SSSR count). The summed E-state index contributed by atoms with van der Waals surface area (Å²) in [4.78, 5) is 19.1. The van der Waals surface area contributed by atoms with Crippen molar-refractivity contribution in [3.05, 3.63) is 5.82 Å². The first-order valence-electron chi connectivity index (χ1n) is 7.62. The lowest BCUT2D eigenvalue weighted by Crippen LogP contribution is -2.49. The van der Waals surface area contributed by atoms with Gasteiger partial charge in [-0.05, 0) is 18.8 Å². The van der Waals surface area contributed by atoms with Crippen molar-refractivity contribution in [1.82, 2.24) is 14.3 Å². The van der Waals surface area contributed by atoms with Gasteiger partial charge in [0.2, 0.25) is 11.0 Å². The molecule has 0 radical (unpaired) electrons. The molecule has 0 bridgehead atoms. The normalized spacial score (nSPS) is 20.6. The van der Waals surface area contributed by atoms with Crippen LogP contribution in [0.15, 0.2) is 0 Å². The van der Waals surface area contributed by atoms with E-state index < -0.39 is 0 Å². The number of hydrogen-bond donors (Lipinski definition) is 1. The van der Waals surface area contributed by atoms with Gasteiger partial charge in [-0.25, -0.2) is 4.98 Å². The molecule has 1 aliphatic carbocycles. The Hall–Kier alpha value is -1.21. The molecule has 1 aromatic rings. The third-order valence-electron chi connectivity index (χ3n) is 3.92. The van der Waals surface area contributed by atoms with Crippen LogP contribution in [0.2, 0.25) is 0 Å². The fraction of sp³-hybridized carbons (Fsp3) is 0.786. The van der Waals surface area contributed by atoms with Crippen LogP contribution in [0.25, 0.3) is 0 Å². The molecule has 116 valence electrons. The molecule has 0 unspecified atom stereocenters. The number of aromatic nitrogens is 2. The molecule has 21 heavy (non-hydrogen) atoms. The maximum atomic E-state index is 12.7. The molecule has 1 amide bonds. The van der Waals surface area contributed by atoms with E-state index in [9.17, 15) is 4.79 Å². The van der Waals surface area contributed by atoms with E-state index >= 15 is 0 Å². The molecule has 6 nitrogen and oxygen atoms in total. The largest absolute Gasteiger partial charge is 0.378 e. The Morgan fingerprint density at radius 1 is 1.38 bits per heavy atom. The van der Waals surface area contributed by atoms with Gasteiger partial charge in [0.05, 0.1) is 13.2 Å². The minimum absolute atomic E-state index is 0.136. The van der Waals surface area contributed by atoms with Crippen molar-refractivity contribution < 1.29 is 9.53 Å². The average molecular weight is 310 g/mol. The fourth-order valence-electron chi connectivity index (χ4n) is 2.43. The number of rotatable bonds is 5. The molecular weight excluding hydrogens is 288 g/mol. The summed E-state index contributed by atoms with van der Waals surface area (Å²) < 4.78 is 9.70. The second kappa shape index (κ2) is 6.27. The van der Waals surface area contributed by atoms with E-state index in [0.717, 1.165) is 11.0 Å². The standard InChI is InChI=1S/C14H22N4O2S/c1-9(2)11(13(19)18-5-7-20-8-6-18)15-14-16-12(17-21-14)10-3-4-10/h9-11H,3-8H2,1-2H3,(H,15,16,17)/t11-/m1/s1. The van der Waals surface area contributed by atoms with Crippen molar-refractivity contribution in [2.45, 2.75) is 38.6 Å². The Morgan fingerprint density at radius 3 is 2.71 bits per heavy atom. The van der Waals surface area contributed by atoms with E-state index in [0.29, 0.717) is 32.2 Å². The van der Waals surface area contributed by atoms with Crippen molar-refractivity contribution >= 4 is 22.6 Å². The molecule has 7 heteroatoms. The molecule has 1 aromatic heterocycles. The van der Waals surface area contributed by atoms with E-state index in [1.54, 1.807) is 0 Å². The number of carbonyl (C=O) groups is 1. The first-order chi connectivity index (χ1) is 10.1. The summed E-state index contributed by atoms with van der Waals surface area (Å²) in [6.45, 7) is 6.71. The van der Waals surface area contributed by atoms with E-state index in [1.807, 2.05) is 4.90 Å². The van der Waals surface area contributed by atoms with Gasteiger partial charge in [-0.1, -0.05) is 13.8 Å². The highest BCUT2D eigenvalue weighted by Gasteiger charge is 2.31. The minimum Gasteiger partial charge on any atom is -0.378 e. The lowest BCUT2D eigenvalue weighted by Gasteiger charge is -2.32. The van der Waals surface area contributed by atoms with Gasteiger partial charge in [0.1, 0.15) is 11.9 Å². The number of nitrogens with one attached hydrogen (secondary N) is 1. The van der Waals surface area contributed by atoms with Gasteiger partial charge in [0.25, 0.3) is 0 Å². The fourth-order valence-corrected chi connectivity index (χ4v) is 3.11. The summed E-state index contributed by atoms with van der Waals surface area (Å²) in [5.74, 6) is 1.82. The summed E-state index contributed by atoms with van der Waals surface area (Å²) in [6, 6.07) is -0.247. The van der Waals surface area contributed by atoms with Crippen molar-refractivity contribution in [1.29, 1.82) is 0 Å². The number of morpholine rings is 1. The summed E-state index contributed by atoms with van der Waals surface area (Å²) in [5.41, 5.74) is 0. The third-order valence-corrected chi connectivity index (χ3v) is 4.58. The van der Waals surface area contributed by atoms with Crippen LogP contribution in [0, 0.1) is 5.92 Å². The maximum absolute atomic E-state index is 12.7. The number of carbonyl (C=O) groups excluding carboxylic acids is 1. The zero-order valence-corrected chi connectivity index (χ0v) is 13.4. The molecule has 1 saturated heterocycles. The van der Waals surface area contributed by atoms with Gasteiger partial charge in [-0.3, -0.25) is 4.79 Å². The SMILES string of the molecule is CC(C)[C@@H](Nc1nc(C2CC2)ns1)C(=O)N1CCOCC1. The zero-order valence-electron chi connectivity index (χ0n) is 12.5. The Kier molecular flexibility index (Phi) is 4.40. The van der Waals surface area contributed by atoms with E-state index in [2.05, 4.69) is 28.5 Å². The number of hydrogen-bond acceptors (Lipinski definition) is 6. The average Bonchev–Trinajstić information content (AvgIpc) is 3.24. The molecule has 1 N–H and O–H groups in total. The Balaban J connectivity index is 1.66. The highest BCUT2D eigenvalue weighted by Crippen LogP contribution is 2.39. The molecule has 2 heterocycles. The molecular formula is C14H22N4O2S. The summed E-state index contributed by atoms with van der Waals surface area (Å²) >= 11 is 1.36. The Labute approximate surface area is 129 Å². The van der Waals surface area contributed by atoms with Crippen molar-refractivity contribution in [2.24, 2.45) is 5.92 Å². The predicted octanol–water partition coefficient (Wildman–Crippen LogP) is 1.71. The molecule has 0 aromatic carbocycles. The van der Waals surface area contributed by atoms with Crippen molar-refractivity contribution in [3.8, 4) is 0 Å². The summed E-state index contributed by atoms with van der Waals surface area (Å²) in [5, 5.41) is 4.05. The maximum Gasteiger partial charge on any atom is 0.245 e. The van der Waals surface area contributed by atoms with Gasteiger partial charge >= 0.3 is 0 Å². The van der Waals surface area contributed by atoms with Crippen LogP contribution in [0.5, 0.6) is 0 Å². The van der Waals surface area contributed by atoms with Crippen LogP contribution in [-0.4, -0.2) is 52.5 Å². The van der Waals surface area contributed by atoms with E-state index in [4.69, 9.17) is 4.74 Å². The van der Waals surface area contributed by atoms with Crippen LogP contribution in [-0.2, 0) is 9.53 Å². The van der Waals surface area contributed by atoms with Crippen LogP contribution in [0.4, 0.5) is 5.13 Å². The molecule has 1 atom stereocenters. The van der Waals surface area contributed by atoms with E-state index in [1.165, 1.54) is 24.4 Å². The zero-order chi connectivity index (χ0) is 14.8. The number of anilines is 1. The number of amides is 1. The molecule has 0 spiro atoms. The second-order valence-electron chi connectivity index (χ2n) is 6.04. The lowest BCUT2D eigenvalue weighted by molar-refractivity contribution is -0.137. The number of nitrogens with zero attached hydrogens (tertiary/aromatic N) is 3. The predicted molar refractivity (Wildman–Crippen MR) is 81.5 cm³/mol. The minimum atomic E-state index is -0.247. The smallest absolute Gasteiger partial charge is 0.245 e. The summed E-state index contributed by atoms with van der Waals surface area (Å²) in [7, 11) is 0. The van der Waals surface area contributed by atoms with Crippen molar-refractivity contribution in [2.75, 3.05) is 31.6 Å². The second-order valence-corrected chi connectivity index (χ2v) is 6.79. The summed E-state index contributed by atoms with van der Waals surface area (Å²) in [6.07, 6.45) is 2.38. The van der Waals surface area contributed by atoms with Crippen molar-refractivity contribution in [3.63, 3.8) is 0 Å². The monoisotopic (exact) mass is 310 g/mol. The Morgan fingerprint density at radius 2 is 2.10 bits per heavy atom. The van der Waals surface area contributed by atoms with Gasteiger partial charge in [0, 0.05) is 30.5 Å². The molecule has 2 aliphatic rings. The third kappa shape index (κ3) is 3.52. The van der Waals surface area contributed by atoms with Gasteiger partial charge in [-0.15, -0.1) is 0 Å². The van der Waals surface area contributed by atoms with Gasteiger partial charge in [-0.2, -0.15) is 4.37 Å². The van der Waals surface area contributed by atoms with Crippen LogP contribution in [0.1, 0.15) is 38.4 Å². The first-order valence-corrected chi connectivity index (χ1v) is 8.39. The molecule has 1 aliphatic heterocycles. The van der Waals surface area contributed by atoms with E-state index in [-0.39, 0.29) is 17.9 Å². The van der Waals surface area contributed by atoms with Crippen LogP contribution >= 0.6 is 11.5 Å². The lowest BCUT2D eigenvalue weighted by atomic mass is 10.0. The van der Waals surface area contributed by atoms with Gasteiger partial charge < -0.3 is 15.0 Å². The van der Waals surface area contributed by atoms with Crippen LogP contribution in [0.3, 0.4) is 0 Å². The highest BCUT2D eigenvalue weighted by molar-refractivity contribution is 7.09. The number of ether oxygens (including phenoxy) is 1. The Bertz CT molecular complexity index is 495. The highest BCUT2D eigenvalue weighted by atomic mass is 32.1.